The number of benzene rings is 1. The number of nitrogens with two attached hydrogens (primary N) is 1. The van der Waals surface area contributed by atoms with Crippen molar-refractivity contribution in [2.24, 2.45) is 5.73 Å². The molecule has 1 aromatic carbocycles. The van der Waals surface area contributed by atoms with Gasteiger partial charge in [-0.25, -0.2) is 0 Å². The van der Waals surface area contributed by atoms with Crippen molar-refractivity contribution in [1.82, 2.24) is 4.90 Å². The molecule has 0 aromatic heterocycles. The molecular formula is C14H21N3O. The number of piperazine rings is 1. The standard InChI is InChI=1S/C14H21N3O/c1-2-7-16-8-10-17(11-9-16)13-6-4-3-5-12(13)14(15)18/h3-6H,2,7-11H2,1H3,(H2,15,18). The topological polar surface area (TPSA) is 49.6 Å². The molecule has 0 radical (unpaired) electrons. The van der Waals surface area contributed by atoms with Crippen LogP contribution >= 0.6 is 0 Å². The lowest BCUT2D eigenvalue weighted by Gasteiger charge is -2.36. The molecule has 0 spiro atoms. The molecule has 1 saturated heterocycles. The molecule has 2 rings (SSSR count). The minimum atomic E-state index is -0.346. The number of amides is 1. The van der Waals surface area contributed by atoms with Gasteiger partial charge < -0.3 is 10.6 Å². The van der Waals surface area contributed by atoms with Crippen LogP contribution in [0.15, 0.2) is 24.3 Å². The molecule has 0 bridgehead atoms. The first kappa shape index (κ1) is 12.9. The van der Waals surface area contributed by atoms with Crippen molar-refractivity contribution in [3.8, 4) is 0 Å². The first-order valence-corrected chi connectivity index (χ1v) is 6.58. The van der Waals surface area contributed by atoms with Crippen molar-refractivity contribution in [3.63, 3.8) is 0 Å². The van der Waals surface area contributed by atoms with Crippen LogP contribution in [0.3, 0.4) is 0 Å². The van der Waals surface area contributed by atoms with Crippen LogP contribution in [-0.2, 0) is 0 Å². The van der Waals surface area contributed by atoms with Crippen LogP contribution in [0.2, 0.25) is 0 Å². The highest BCUT2D eigenvalue weighted by atomic mass is 16.1. The van der Waals surface area contributed by atoms with E-state index in [1.807, 2.05) is 18.2 Å². The third-order valence-electron chi connectivity index (χ3n) is 3.42. The second kappa shape index (κ2) is 5.87. The van der Waals surface area contributed by atoms with E-state index in [2.05, 4.69) is 16.7 Å². The van der Waals surface area contributed by atoms with Crippen LogP contribution in [0, 0.1) is 0 Å². The highest BCUT2D eigenvalue weighted by Crippen LogP contribution is 2.21. The minimum absolute atomic E-state index is 0.346. The van der Waals surface area contributed by atoms with Gasteiger partial charge in [-0.15, -0.1) is 0 Å². The predicted molar refractivity (Wildman–Crippen MR) is 73.9 cm³/mol. The smallest absolute Gasteiger partial charge is 0.250 e. The number of carbonyl (C=O) groups is 1. The van der Waals surface area contributed by atoms with E-state index in [4.69, 9.17) is 5.73 Å². The zero-order chi connectivity index (χ0) is 13.0. The van der Waals surface area contributed by atoms with E-state index < -0.39 is 0 Å². The first-order chi connectivity index (χ1) is 8.72. The lowest BCUT2D eigenvalue weighted by atomic mass is 10.1. The molecule has 4 heteroatoms. The van der Waals surface area contributed by atoms with Crippen molar-refractivity contribution >= 4 is 11.6 Å². The Morgan fingerprint density at radius 3 is 2.50 bits per heavy atom. The van der Waals surface area contributed by atoms with Crippen LogP contribution in [-0.4, -0.2) is 43.5 Å². The van der Waals surface area contributed by atoms with E-state index in [0.29, 0.717) is 5.56 Å². The number of hydrogen-bond acceptors (Lipinski definition) is 3. The summed E-state index contributed by atoms with van der Waals surface area (Å²) in [7, 11) is 0. The average molecular weight is 247 g/mol. The molecule has 1 fully saturated rings. The van der Waals surface area contributed by atoms with E-state index in [0.717, 1.165) is 38.4 Å². The van der Waals surface area contributed by atoms with Crippen LogP contribution < -0.4 is 10.6 Å². The zero-order valence-corrected chi connectivity index (χ0v) is 10.9. The quantitative estimate of drug-likeness (QED) is 0.873. The summed E-state index contributed by atoms with van der Waals surface area (Å²) in [6.45, 7) is 7.40. The summed E-state index contributed by atoms with van der Waals surface area (Å²) in [6.07, 6.45) is 1.19. The molecule has 1 aliphatic heterocycles. The van der Waals surface area contributed by atoms with Gasteiger partial charge in [0, 0.05) is 31.9 Å². The Morgan fingerprint density at radius 2 is 1.89 bits per heavy atom. The number of para-hydroxylation sites is 1. The number of hydrogen-bond donors (Lipinski definition) is 1. The maximum absolute atomic E-state index is 11.4. The highest BCUT2D eigenvalue weighted by molar-refractivity contribution is 5.98. The molecule has 1 amide bonds. The van der Waals surface area contributed by atoms with Gasteiger partial charge in [0.1, 0.15) is 0 Å². The van der Waals surface area contributed by atoms with Crippen molar-refractivity contribution in [2.75, 3.05) is 37.6 Å². The van der Waals surface area contributed by atoms with Gasteiger partial charge in [0.15, 0.2) is 0 Å². The van der Waals surface area contributed by atoms with Gasteiger partial charge in [0.25, 0.3) is 5.91 Å². The molecule has 18 heavy (non-hydrogen) atoms. The molecule has 2 N–H and O–H groups in total. The summed E-state index contributed by atoms with van der Waals surface area (Å²) in [5.74, 6) is -0.346. The Labute approximate surface area is 108 Å². The van der Waals surface area contributed by atoms with Crippen molar-refractivity contribution in [1.29, 1.82) is 0 Å². The maximum atomic E-state index is 11.4. The van der Waals surface area contributed by atoms with Crippen molar-refractivity contribution in [3.05, 3.63) is 29.8 Å². The van der Waals surface area contributed by atoms with Gasteiger partial charge in [0.05, 0.1) is 5.56 Å². The summed E-state index contributed by atoms with van der Waals surface area (Å²) in [4.78, 5) is 16.1. The first-order valence-electron chi connectivity index (χ1n) is 6.58. The molecule has 0 unspecified atom stereocenters. The lowest BCUT2D eigenvalue weighted by Crippen LogP contribution is -2.47. The summed E-state index contributed by atoms with van der Waals surface area (Å²) in [6, 6.07) is 7.60. The summed E-state index contributed by atoms with van der Waals surface area (Å²) >= 11 is 0. The van der Waals surface area contributed by atoms with Gasteiger partial charge in [0.2, 0.25) is 0 Å². The van der Waals surface area contributed by atoms with E-state index >= 15 is 0 Å². The number of carbonyl (C=O) groups excluding carboxylic acids is 1. The molecule has 0 atom stereocenters. The van der Waals surface area contributed by atoms with Gasteiger partial charge in [-0.1, -0.05) is 19.1 Å². The second-order valence-corrected chi connectivity index (χ2v) is 4.71. The molecule has 1 aromatic rings. The van der Waals surface area contributed by atoms with Crippen molar-refractivity contribution in [2.45, 2.75) is 13.3 Å². The maximum Gasteiger partial charge on any atom is 0.250 e. The predicted octanol–water partition coefficient (Wildman–Crippen LogP) is 1.32. The summed E-state index contributed by atoms with van der Waals surface area (Å²) in [5, 5.41) is 0. The Balaban J connectivity index is 2.07. The molecule has 1 aliphatic rings. The average Bonchev–Trinajstić information content (AvgIpc) is 2.40. The fraction of sp³-hybridized carbons (Fsp3) is 0.500. The number of rotatable bonds is 4. The number of primary amides is 1. The van der Waals surface area contributed by atoms with Crippen molar-refractivity contribution < 1.29 is 4.79 Å². The summed E-state index contributed by atoms with van der Waals surface area (Å²) < 4.78 is 0. The lowest BCUT2D eigenvalue weighted by molar-refractivity contribution is 0.100. The molecular weight excluding hydrogens is 226 g/mol. The normalized spacial score (nSPS) is 16.8. The molecule has 4 nitrogen and oxygen atoms in total. The monoisotopic (exact) mass is 247 g/mol. The third kappa shape index (κ3) is 2.82. The van der Waals surface area contributed by atoms with E-state index in [1.54, 1.807) is 6.07 Å². The van der Waals surface area contributed by atoms with E-state index in [-0.39, 0.29) is 5.91 Å². The highest BCUT2D eigenvalue weighted by Gasteiger charge is 2.19. The molecule has 98 valence electrons. The Morgan fingerprint density at radius 1 is 1.22 bits per heavy atom. The van der Waals surface area contributed by atoms with Crippen LogP contribution in [0.25, 0.3) is 0 Å². The van der Waals surface area contributed by atoms with Crippen LogP contribution in [0.1, 0.15) is 23.7 Å². The Bertz CT molecular complexity index is 411. The number of nitrogens with zero attached hydrogens (tertiary/aromatic N) is 2. The van der Waals surface area contributed by atoms with Gasteiger partial charge >= 0.3 is 0 Å². The zero-order valence-electron chi connectivity index (χ0n) is 10.9. The molecule has 1 heterocycles. The third-order valence-corrected chi connectivity index (χ3v) is 3.42. The van der Waals surface area contributed by atoms with E-state index in [1.165, 1.54) is 6.42 Å². The second-order valence-electron chi connectivity index (χ2n) is 4.71. The van der Waals surface area contributed by atoms with E-state index in [9.17, 15) is 4.79 Å². The SMILES string of the molecule is CCCN1CCN(c2ccccc2C(N)=O)CC1. The fourth-order valence-corrected chi connectivity index (χ4v) is 2.49. The van der Waals surface area contributed by atoms with Crippen LogP contribution in [0.5, 0.6) is 0 Å². The van der Waals surface area contributed by atoms with Gasteiger partial charge in [-0.3, -0.25) is 9.69 Å². The van der Waals surface area contributed by atoms with Crippen LogP contribution in [0.4, 0.5) is 5.69 Å². The summed E-state index contributed by atoms with van der Waals surface area (Å²) in [5.41, 5.74) is 7.02. The minimum Gasteiger partial charge on any atom is -0.368 e. The van der Waals surface area contributed by atoms with Gasteiger partial charge in [-0.2, -0.15) is 0 Å². The molecule has 0 aliphatic carbocycles. The Hall–Kier alpha value is -1.55. The largest absolute Gasteiger partial charge is 0.368 e. The number of anilines is 1. The Kier molecular flexibility index (Phi) is 4.20. The molecule has 0 saturated carbocycles. The fourth-order valence-electron chi connectivity index (χ4n) is 2.49. The van der Waals surface area contributed by atoms with Gasteiger partial charge in [-0.05, 0) is 25.1 Å².